The Morgan fingerprint density at radius 3 is 1.78 bits per heavy atom. The van der Waals surface area contributed by atoms with Crippen LogP contribution in [0, 0.1) is 0 Å². The van der Waals surface area contributed by atoms with Crippen molar-refractivity contribution < 1.29 is 9.59 Å². The lowest BCUT2D eigenvalue weighted by Crippen LogP contribution is -2.09. The van der Waals surface area contributed by atoms with Crippen LogP contribution in [0.4, 0.5) is 5.69 Å². The number of nitrogens with two attached hydrogens (primary N) is 1. The van der Waals surface area contributed by atoms with Gasteiger partial charge in [0, 0.05) is 18.5 Å². The van der Waals surface area contributed by atoms with Crippen LogP contribution in [0.25, 0.3) is 11.1 Å². The van der Waals surface area contributed by atoms with Gasteiger partial charge in [-0.2, -0.15) is 0 Å². The average Bonchev–Trinajstić information content (AvgIpc) is 2.55. The maximum absolute atomic E-state index is 12.2. The van der Waals surface area contributed by atoms with Crippen LogP contribution in [-0.4, -0.2) is 16.6 Å². The fourth-order valence-electron chi connectivity index (χ4n) is 2.37. The molecule has 4 nitrogen and oxygen atoms in total. The molecule has 1 aromatic heterocycles. The molecule has 0 aliphatic carbocycles. The number of benzene rings is 1. The molecule has 1 heterocycles. The minimum Gasteiger partial charge on any atom is -0.399 e. The maximum Gasteiger partial charge on any atom is 0.181 e. The third-order valence-corrected chi connectivity index (χ3v) is 3.59. The van der Waals surface area contributed by atoms with Gasteiger partial charge in [0.05, 0.1) is 0 Å². The molecule has 0 aliphatic rings. The predicted molar refractivity (Wildman–Crippen MR) is 92.6 cm³/mol. The number of aromatic nitrogens is 1. The molecule has 0 saturated carbocycles. The van der Waals surface area contributed by atoms with Crippen LogP contribution in [0.15, 0.2) is 36.4 Å². The summed E-state index contributed by atoms with van der Waals surface area (Å²) in [6.45, 7) is 3.90. The summed E-state index contributed by atoms with van der Waals surface area (Å²) < 4.78 is 0. The van der Waals surface area contributed by atoms with Crippen molar-refractivity contribution in [2.75, 3.05) is 5.73 Å². The minimum absolute atomic E-state index is 0.0321. The Morgan fingerprint density at radius 2 is 1.35 bits per heavy atom. The second-order valence-electron chi connectivity index (χ2n) is 5.59. The molecule has 4 heteroatoms. The smallest absolute Gasteiger partial charge is 0.181 e. The van der Waals surface area contributed by atoms with Gasteiger partial charge in [-0.3, -0.25) is 9.59 Å². The van der Waals surface area contributed by atoms with Crippen molar-refractivity contribution in [3.05, 3.63) is 47.8 Å². The second-order valence-corrected chi connectivity index (χ2v) is 5.59. The largest absolute Gasteiger partial charge is 0.399 e. The van der Waals surface area contributed by atoms with Crippen LogP contribution in [0.5, 0.6) is 0 Å². The van der Waals surface area contributed by atoms with Crippen molar-refractivity contribution in [2.24, 2.45) is 0 Å². The van der Waals surface area contributed by atoms with Gasteiger partial charge in [0.15, 0.2) is 11.6 Å². The van der Waals surface area contributed by atoms with Gasteiger partial charge in [0.2, 0.25) is 0 Å². The minimum atomic E-state index is -0.0321. The molecule has 0 bridgehead atoms. The number of hydrogen-bond donors (Lipinski definition) is 1. The van der Waals surface area contributed by atoms with Crippen molar-refractivity contribution in [1.29, 1.82) is 0 Å². The SMILES string of the molecule is CCCC(=O)c1cc(-c2ccc(N)cc2)cc(C(=O)CCC)n1. The van der Waals surface area contributed by atoms with Crippen LogP contribution < -0.4 is 5.73 Å². The Bertz CT molecular complexity index is 670. The van der Waals surface area contributed by atoms with Crippen LogP contribution >= 0.6 is 0 Å². The summed E-state index contributed by atoms with van der Waals surface area (Å²) in [7, 11) is 0. The van der Waals surface area contributed by atoms with E-state index in [4.69, 9.17) is 5.73 Å². The van der Waals surface area contributed by atoms with Crippen molar-refractivity contribution in [2.45, 2.75) is 39.5 Å². The van der Waals surface area contributed by atoms with E-state index in [1.807, 2.05) is 26.0 Å². The van der Waals surface area contributed by atoms with Crippen LogP contribution in [0.1, 0.15) is 60.5 Å². The predicted octanol–water partition coefficient (Wildman–Crippen LogP) is 4.30. The topological polar surface area (TPSA) is 73.1 Å². The number of nitrogens with zero attached hydrogens (tertiary/aromatic N) is 1. The summed E-state index contributed by atoms with van der Waals surface area (Å²) in [6.07, 6.45) is 2.37. The molecule has 0 atom stereocenters. The number of anilines is 1. The first kappa shape index (κ1) is 16.9. The van der Waals surface area contributed by atoms with Gasteiger partial charge in [-0.15, -0.1) is 0 Å². The fourth-order valence-corrected chi connectivity index (χ4v) is 2.37. The van der Waals surface area contributed by atoms with Gasteiger partial charge in [0.25, 0.3) is 0 Å². The van der Waals surface area contributed by atoms with Gasteiger partial charge < -0.3 is 5.73 Å². The number of rotatable bonds is 7. The first-order chi connectivity index (χ1) is 11.0. The highest BCUT2D eigenvalue weighted by atomic mass is 16.1. The summed E-state index contributed by atoms with van der Waals surface area (Å²) in [5.41, 5.74) is 8.85. The maximum atomic E-state index is 12.2. The molecule has 0 amide bonds. The molecule has 0 fully saturated rings. The molecular formula is C19H22N2O2. The molecule has 0 spiro atoms. The lowest BCUT2D eigenvalue weighted by atomic mass is 10.0. The third kappa shape index (κ3) is 4.25. The summed E-state index contributed by atoms with van der Waals surface area (Å²) in [4.78, 5) is 28.7. The third-order valence-electron chi connectivity index (χ3n) is 3.59. The summed E-state index contributed by atoms with van der Waals surface area (Å²) in [6, 6.07) is 10.9. The van der Waals surface area contributed by atoms with Crippen molar-refractivity contribution in [3.8, 4) is 11.1 Å². The van der Waals surface area contributed by atoms with Crippen molar-refractivity contribution >= 4 is 17.3 Å². The molecule has 23 heavy (non-hydrogen) atoms. The first-order valence-corrected chi connectivity index (χ1v) is 7.99. The zero-order chi connectivity index (χ0) is 16.8. The number of Topliss-reactive ketones (excluding diaryl/α,β-unsaturated/α-hetero) is 2. The quantitative estimate of drug-likeness (QED) is 0.611. The normalized spacial score (nSPS) is 10.5. The number of carbonyl (C=O) groups excluding carboxylic acids is 2. The zero-order valence-electron chi connectivity index (χ0n) is 13.6. The van der Waals surface area contributed by atoms with E-state index in [0.29, 0.717) is 29.9 Å². The van der Waals surface area contributed by atoms with Crippen LogP contribution in [-0.2, 0) is 0 Å². The standard InChI is InChI=1S/C19H22N2O2/c1-3-5-18(22)16-11-14(13-7-9-15(20)10-8-13)12-17(21-16)19(23)6-4-2/h7-12H,3-6,20H2,1-2H3. The van der Waals surface area contributed by atoms with Gasteiger partial charge in [-0.1, -0.05) is 26.0 Å². The molecule has 2 rings (SSSR count). The average molecular weight is 310 g/mol. The van der Waals surface area contributed by atoms with Gasteiger partial charge >= 0.3 is 0 Å². The van der Waals surface area contributed by atoms with E-state index < -0.39 is 0 Å². The van der Waals surface area contributed by atoms with E-state index in [1.165, 1.54) is 0 Å². The van der Waals surface area contributed by atoms with E-state index in [1.54, 1.807) is 24.3 Å². The van der Waals surface area contributed by atoms with Gasteiger partial charge in [0.1, 0.15) is 11.4 Å². The van der Waals surface area contributed by atoms with Crippen LogP contribution in [0.3, 0.4) is 0 Å². The Labute approximate surface area is 136 Å². The van der Waals surface area contributed by atoms with Crippen molar-refractivity contribution in [1.82, 2.24) is 4.98 Å². The second kappa shape index (κ2) is 7.68. The van der Waals surface area contributed by atoms with E-state index in [9.17, 15) is 9.59 Å². The Balaban J connectivity index is 2.50. The molecule has 1 aromatic carbocycles. The number of nitrogen functional groups attached to an aromatic ring is 1. The highest BCUT2D eigenvalue weighted by Crippen LogP contribution is 2.23. The molecule has 120 valence electrons. The summed E-state index contributed by atoms with van der Waals surface area (Å²) >= 11 is 0. The summed E-state index contributed by atoms with van der Waals surface area (Å²) in [5.74, 6) is -0.0642. The van der Waals surface area contributed by atoms with Crippen LogP contribution in [0.2, 0.25) is 0 Å². The number of hydrogen-bond acceptors (Lipinski definition) is 4. The van der Waals surface area contributed by atoms with E-state index in [-0.39, 0.29) is 11.6 Å². The summed E-state index contributed by atoms with van der Waals surface area (Å²) in [5, 5.41) is 0. The number of ketones is 2. The van der Waals surface area contributed by atoms with Gasteiger partial charge in [-0.25, -0.2) is 4.98 Å². The molecule has 2 aromatic rings. The number of pyridine rings is 1. The Morgan fingerprint density at radius 1 is 0.870 bits per heavy atom. The molecule has 0 aliphatic heterocycles. The molecule has 0 radical (unpaired) electrons. The molecule has 2 N–H and O–H groups in total. The Hall–Kier alpha value is -2.49. The van der Waals surface area contributed by atoms with E-state index in [2.05, 4.69) is 4.98 Å². The molecule has 0 saturated heterocycles. The lowest BCUT2D eigenvalue weighted by molar-refractivity contribution is 0.0973. The fraction of sp³-hybridized carbons (Fsp3) is 0.316. The Kier molecular flexibility index (Phi) is 5.63. The molecule has 0 unspecified atom stereocenters. The van der Waals surface area contributed by atoms with Gasteiger partial charge in [-0.05, 0) is 48.2 Å². The van der Waals surface area contributed by atoms with E-state index in [0.717, 1.165) is 24.0 Å². The number of carbonyl (C=O) groups is 2. The highest BCUT2D eigenvalue weighted by molar-refractivity contribution is 5.99. The zero-order valence-corrected chi connectivity index (χ0v) is 13.6. The first-order valence-electron chi connectivity index (χ1n) is 7.99. The van der Waals surface area contributed by atoms with E-state index >= 15 is 0 Å². The van der Waals surface area contributed by atoms with Crippen molar-refractivity contribution in [3.63, 3.8) is 0 Å². The molecular weight excluding hydrogens is 288 g/mol. The monoisotopic (exact) mass is 310 g/mol. The lowest BCUT2D eigenvalue weighted by Gasteiger charge is -2.08. The highest BCUT2D eigenvalue weighted by Gasteiger charge is 2.14.